The molecule has 1 spiro atoms. The van der Waals surface area contributed by atoms with E-state index in [9.17, 15) is 22.4 Å². The lowest BCUT2D eigenvalue weighted by molar-refractivity contribution is -0.192. The molecule has 0 bridgehead atoms. The molecule has 1 saturated carbocycles. The van der Waals surface area contributed by atoms with Gasteiger partial charge in [0.1, 0.15) is 6.17 Å². The number of carbonyl (C=O) groups is 2. The molecule has 4 aromatic rings. The predicted octanol–water partition coefficient (Wildman–Crippen LogP) is 6.29. The first-order chi connectivity index (χ1) is 20.5. The minimum absolute atomic E-state index is 0.111. The topological polar surface area (TPSA) is 98.3 Å². The molecule has 1 saturated heterocycles. The van der Waals surface area contributed by atoms with Crippen LogP contribution in [0.3, 0.4) is 0 Å². The number of nitrogens with zero attached hydrogens (tertiary/aromatic N) is 2. The first-order valence-corrected chi connectivity index (χ1v) is 13.9. The SMILES string of the molecule is O=C(O)C(F)(F)F.O=C1Nc2ccccc2[C@]12C[C@H]2c1ccc2c(/C=C/c3ccc(CN4CC[C@@H](F)C4)cc3)n[nH]c2c1. The maximum absolute atomic E-state index is 13.4. The minimum atomic E-state index is -5.08. The van der Waals surface area contributed by atoms with Gasteiger partial charge in [0, 0.05) is 36.6 Å². The summed E-state index contributed by atoms with van der Waals surface area (Å²) in [5.74, 6) is -2.46. The first-order valence-electron chi connectivity index (χ1n) is 13.9. The molecule has 2 aliphatic heterocycles. The number of benzene rings is 3. The second-order valence-electron chi connectivity index (χ2n) is 11.1. The molecule has 1 aromatic heterocycles. The van der Waals surface area contributed by atoms with Gasteiger partial charge in [-0.05, 0) is 53.3 Å². The van der Waals surface area contributed by atoms with Gasteiger partial charge in [0.05, 0.1) is 16.6 Å². The van der Waals surface area contributed by atoms with Crippen LogP contribution in [0.25, 0.3) is 23.1 Å². The van der Waals surface area contributed by atoms with Crippen molar-refractivity contribution >= 4 is 40.6 Å². The molecule has 222 valence electrons. The molecule has 7 rings (SSSR count). The van der Waals surface area contributed by atoms with Gasteiger partial charge in [0.15, 0.2) is 0 Å². The monoisotopic (exact) mass is 592 g/mol. The summed E-state index contributed by atoms with van der Waals surface area (Å²) in [7, 11) is 0. The van der Waals surface area contributed by atoms with E-state index in [4.69, 9.17) is 9.90 Å². The quantitative estimate of drug-likeness (QED) is 0.237. The number of nitrogens with one attached hydrogen (secondary N) is 2. The van der Waals surface area contributed by atoms with Gasteiger partial charge in [-0.3, -0.25) is 14.8 Å². The van der Waals surface area contributed by atoms with Gasteiger partial charge >= 0.3 is 12.1 Å². The van der Waals surface area contributed by atoms with E-state index >= 15 is 0 Å². The van der Waals surface area contributed by atoms with Crippen molar-refractivity contribution in [3.05, 3.63) is 94.7 Å². The molecular formula is C32H28F4N4O3. The van der Waals surface area contributed by atoms with E-state index in [0.29, 0.717) is 13.0 Å². The van der Waals surface area contributed by atoms with Crippen molar-refractivity contribution in [3.8, 4) is 0 Å². The number of hydrogen-bond acceptors (Lipinski definition) is 4. The Hall–Kier alpha value is -4.51. The first kappa shape index (κ1) is 28.6. The fourth-order valence-corrected chi connectivity index (χ4v) is 6.05. The van der Waals surface area contributed by atoms with Crippen LogP contribution >= 0.6 is 0 Å². The van der Waals surface area contributed by atoms with Gasteiger partial charge in [0.25, 0.3) is 0 Å². The summed E-state index contributed by atoms with van der Waals surface area (Å²) in [5, 5.41) is 19.0. The molecule has 2 fully saturated rings. The fraction of sp³-hybridized carbons (Fsp3) is 0.281. The Morgan fingerprint density at radius 3 is 2.53 bits per heavy atom. The van der Waals surface area contributed by atoms with Gasteiger partial charge in [-0.25, -0.2) is 9.18 Å². The third-order valence-electron chi connectivity index (χ3n) is 8.32. The maximum Gasteiger partial charge on any atom is 0.490 e. The number of anilines is 1. The second-order valence-corrected chi connectivity index (χ2v) is 11.1. The number of carbonyl (C=O) groups excluding carboxylic acids is 1. The lowest BCUT2D eigenvalue weighted by atomic mass is 9.92. The number of fused-ring (bicyclic) bond motifs is 3. The zero-order valence-corrected chi connectivity index (χ0v) is 22.9. The number of para-hydroxylation sites is 1. The summed E-state index contributed by atoms with van der Waals surface area (Å²) >= 11 is 0. The highest BCUT2D eigenvalue weighted by atomic mass is 19.4. The Morgan fingerprint density at radius 2 is 1.84 bits per heavy atom. The highest BCUT2D eigenvalue weighted by Gasteiger charge is 2.65. The van der Waals surface area contributed by atoms with Crippen molar-refractivity contribution in [1.82, 2.24) is 15.1 Å². The fourth-order valence-electron chi connectivity index (χ4n) is 6.05. The number of halogens is 4. The molecular weight excluding hydrogens is 564 g/mol. The summed E-state index contributed by atoms with van der Waals surface area (Å²) in [6.45, 7) is 2.17. The zero-order valence-electron chi connectivity index (χ0n) is 22.9. The van der Waals surface area contributed by atoms with E-state index < -0.39 is 23.7 Å². The molecule has 1 amide bonds. The molecule has 3 heterocycles. The summed E-state index contributed by atoms with van der Waals surface area (Å²) in [5.41, 5.74) is 6.97. The molecule has 1 aliphatic carbocycles. The summed E-state index contributed by atoms with van der Waals surface area (Å²) in [6.07, 6.45) is -0.191. The highest BCUT2D eigenvalue weighted by molar-refractivity contribution is 6.09. The maximum atomic E-state index is 13.4. The number of carboxylic acids is 1. The molecule has 11 heteroatoms. The Bertz CT molecular complexity index is 1720. The van der Waals surface area contributed by atoms with Crippen LogP contribution in [0.1, 0.15) is 46.7 Å². The number of hydrogen-bond donors (Lipinski definition) is 3. The number of carboxylic acid groups (broad SMARTS) is 1. The van der Waals surface area contributed by atoms with Crippen LogP contribution in [0, 0.1) is 0 Å². The van der Waals surface area contributed by atoms with Crippen LogP contribution in [0.15, 0.2) is 66.7 Å². The number of aromatic nitrogens is 2. The van der Waals surface area contributed by atoms with Gasteiger partial charge in [-0.1, -0.05) is 60.7 Å². The number of aromatic amines is 1. The number of H-pyrrole nitrogens is 1. The normalized spacial score (nSPS) is 22.9. The van der Waals surface area contributed by atoms with Gasteiger partial charge < -0.3 is 10.4 Å². The van der Waals surface area contributed by atoms with Crippen molar-refractivity contribution in [3.63, 3.8) is 0 Å². The highest BCUT2D eigenvalue weighted by Crippen LogP contribution is 2.65. The molecule has 43 heavy (non-hydrogen) atoms. The summed E-state index contributed by atoms with van der Waals surface area (Å²) in [6, 6.07) is 22.8. The van der Waals surface area contributed by atoms with Gasteiger partial charge in [-0.2, -0.15) is 18.3 Å². The van der Waals surface area contributed by atoms with Gasteiger partial charge in [0.2, 0.25) is 5.91 Å². The Labute approximate surface area is 244 Å². The third-order valence-corrected chi connectivity index (χ3v) is 8.32. The standard InChI is InChI=1S/C30H27FN4O.C2HF3O2/c31-22-13-14-35(18-22)17-20-7-5-19(6-8-20)9-12-26-23-11-10-21(15-28(23)34-33-26)25-16-30(25)24-3-1-2-4-27(24)32-29(30)36;3-2(4,5)1(6)7/h1-12,15,22,25H,13-14,16-18H2,(H,32,36)(H,33,34);(H,6,7)/b12-9+;/t22-,25+,30+;/m1./s1. The Balaban J connectivity index is 0.000000423. The number of likely N-dealkylation sites (tertiary alicyclic amines) is 1. The van der Waals surface area contributed by atoms with Crippen LogP contribution in [0.5, 0.6) is 0 Å². The minimum Gasteiger partial charge on any atom is -0.475 e. The molecule has 0 unspecified atom stereocenters. The molecule has 3 atom stereocenters. The molecule has 3 aliphatic rings. The number of alkyl halides is 4. The van der Waals surface area contributed by atoms with E-state index in [2.05, 4.69) is 75.0 Å². The van der Waals surface area contributed by atoms with E-state index in [1.54, 1.807) is 0 Å². The smallest absolute Gasteiger partial charge is 0.475 e. The third kappa shape index (κ3) is 5.64. The number of rotatable bonds is 5. The van der Waals surface area contributed by atoms with E-state index in [-0.39, 0.29) is 11.8 Å². The lowest BCUT2D eigenvalue weighted by Gasteiger charge is -2.14. The largest absolute Gasteiger partial charge is 0.490 e. The summed E-state index contributed by atoms with van der Waals surface area (Å²) < 4.78 is 45.2. The van der Waals surface area contributed by atoms with Crippen molar-refractivity contribution in [2.75, 3.05) is 18.4 Å². The van der Waals surface area contributed by atoms with Crippen LogP contribution in [0.4, 0.5) is 23.2 Å². The molecule has 3 N–H and O–H groups in total. The van der Waals surface area contributed by atoms with E-state index in [1.807, 2.05) is 24.3 Å². The van der Waals surface area contributed by atoms with Crippen molar-refractivity contribution in [1.29, 1.82) is 0 Å². The summed E-state index contributed by atoms with van der Waals surface area (Å²) in [4.78, 5) is 23.9. The van der Waals surface area contributed by atoms with Gasteiger partial charge in [-0.15, -0.1) is 0 Å². The van der Waals surface area contributed by atoms with Crippen molar-refractivity contribution < 1.29 is 32.3 Å². The number of amides is 1. The van der Waals surface area contributed by atoms with Crippen LogP contribution < -0.4 is 5.32 Å². The van der Waals surface area contributed by atoms with Crippen molar-refractivity contribution in [2.24, 2.45) is 0 Å². The van der Waals surface area contributed by atoms with E-state index in [0.717, 1.165) is 52.9 Å². The Kier molecular flexibility index (Phi) is 7.29. The van der Waals surface area contributed by atoms with Crippen molar-refractivity contribution in [2.45, 2.75) is 43.1 Å². The average molecular weight is 593 g/mol. The van der Waals surface area contributed by atoms with Crippen LogP contribution in [-0.4, -0.2) is 57.5 Å². The van der Waals surface area contributed by atoms with Crippen LogP contribution in [-0.2, 0) is 21.5 Å². The molecule has 7 nitrogen and oxygen atoms in total. The molecule has 3 aromatic carbocycles. The van der Waals surface area contributed by atoms with E-state index in [1.165, 1.54) is 11.1 Å². The predicted molar refractivity (Wildman–Crippen MR) is 154 cm³/mol. The Morgan fingerprint density at radius 1 is 1.09 bits per heavy atom. The average Bonchev–Trinajstić information content (AvgIpc) is 3.22. The van der Waals surface area contributed by atoms with Crippen LogP contribution in [0.2, 0.25) is 0 Å². The number of aliphatic carboxylic acids is 1. The molecule has 0 radical (unpaired) electrons. The second kappa shape index (κ2) is 11.0. The lowest BCUT2D eigenvalue weighted by Crippen LogP contribution is -2.21. The zero-order chi connectivity index (χ0) is 30.4.